The summed E-state index contributed by atoms with van der Waals surface area (Å²) in [7, 11) is 3.23. The summed E-state index contributed by atoms with van der Waals surface area (Å²) >= 11 is 0. The van der Waals surface area contributed by atoms with Crippen LogP contribution in [0.5, 0.6) is 11.5 Å². The lowest BCUT2D eigenvalue weighted by Crippen LogP contribution is -2.47. The van der Waals surface area contributed by atoms with Gasteiger partial charge in [-0.2, -0.15) is 0 Å². The van der Waals surface area contributed by atoms with Crippen LogP contribution in [0.2, 0.25) is 0 Å². The minimum atomic E-state index is -1.24. The molecule has 326 valence electrons. The van der Waals surface area contributed by atoms with E-state index in [2.05, 4.69) is 44.5 Å². The molecule has 0 bridgehead atoms. The number of hydrogen-bond acceptors (Lipinski definition) is 9. The first kappa shape index (κ1) is 42.5. The number of carbonyl (C=O) groups is 2. The fourth-order valence-corrected chi connectivity index (χ4v) is 8.72. The predicted molar refractivity (Wildman–Crippen MR) is 248 cm³/mol. The van der Waals surface area contributed by atoms with Gasteiger partial charge in [-0.25, -0.2) is 14.8 Å². The Morgan fingerprint density at radius 3 is 1.86 bits per heavy atom. The van der Waals surface area contributed by atoms with E-state index < -0.39 is 24.3 Å². The number of H-pyrrole nitrogens is 1. The fraction of sp³-hybridized carbons (Fsp3) is 0.170. The van der Waals surface area contributed by atoms with Gasteiger partial charge in [0.15, 0.2) is 5.82 Å². The molecule has 0 spiro atoms. The van der Waals surface area contributed by atoms with Crippen LogP contribution in [0.15, 0.2) is 170 Å². The third-order valence-corrected chi connectivity index (χ3v) is 12.0. The fourth-order valence-electron chi connectivity index (χ4n) is 8.72. The van der Waals surface area contributed by atoms with E-state index in [1.54, 1.807) is 44.7 Å². The number of fused-ring (bicyclic) bond motifs is 4. The molecule has 3 N–H and O–H groups in total. The summed E-state index contributed by atoms with van der Waals surface area (Å²) in [6, 6.07) is 49.3. The number of aliphatic hydroxyl groups is 1. The number of rotatable bonds is 16. The number of aromatic amines is 1. The molecule has 0 aliphatic heterocycles. The lowest BCUT2D eigenvalue weighted by molar-refractivity contribution is -0.0366. The normalized spacial score (nSPS) is 12.5. The lowest BCUT2D eigenvalue weighted by atomic mass is 9.80. The maximum Gasteiger partial charge on any atom is 0.410 e. The van der Waals surface area contributed by atoms with Crippen LogP contribution in [-0.4, -0.2) is 77.0 Å². The number of amides is 2. The number of hydrogen-bond donors (Lipinski definition) is 3. The van der Waals surface area contributed by atoms with E-state index in [4.69, 9.17) is 18.9 Å². The number of carbonyl (C=O) groups excluding carboxylic acids is 2. The number of aromatic nitrogens is 3. The van der Waals surface area contributed by atoms with Crippen molar-refractivity contribution in [2.75, 3.05) is 39.4 Å². The first-order chi connectivity index (χ1) is 31.9. The summed E-state index contributed by atoms with van der Waals surface area (Å²) in [6.45, 7) is -0.600. The van der Waals surface area contributed by atoms with E-state index in [9.17, 15) is 14.7 Å². The van der Waals surface area contributed by atoms with Gasteiger partial charge >= 0.3 is 6.09 Å². The van der Waals surface area contributed by atoms with Gasteiger partial charge in [0.25, 0.3) is 5.91 Å². The molecule has 1 atom stereocenters. The van der Waals surface area contributed by atoms with Gasteiger partial charge < -0.3 is 34.4 Å². The molecule has 12 heteroatoms. The van der Waals surface area contributed by atoms with E-state index in [1.807, 2.05) is 109 Å². The van der Waals surface area contributed by atoms with Gasteiger partial charge in [0.1, 0.15) is 35.6 Å². The van der Waals surface area contributed by atoms with Crippen molar-refractivity contribution in [2.24, 2.45) is 0 Å². The molecule has 0 fully saturated rings. The molecule has 1 aliphatic rings. The zero-order chi connectivity index (χ0) is 44.8. The second-order valence-corrected chi connectivity index (χ2v) is 15.7. The van der Waals surface area contributed by atoms with Gasteiger partial charge in [0.05, 0.1) is 45.5 Å². The molecule has 0 saturated heterocycles. The van der Waals surface area contributed by atoms with Crippen molar-refractivity contribution in [3.05, 3.63) is 209 Å². The molecule has 2 amide bonds. The van der Waals surface area contributed by atoms with Crippen LogP contribution in [0, 0.1) is 0 Å². The third kappa shape index (κ3) is 8.40. The van der Waals surface area contributed by atoms with Crippen LogP contribution in [0.1, 0.15) is 49.7 Å². The quantitative estimate of drug-likeness (QED) is 0.0809. The summed E-state index contributed by atoms with van der Waals surface area (Å²) in [5.41, 5.74) is 7.52. The van der Waals surface area contributed by atoms with Crippen LogP contribution in [0.25, 0.3) is 22.2 Å². The number of nitrogens with zero attached hydrogens (tertiary/aromatic N) is 3. The van der Waals surface area contributed by atoms with Crippen molar-refractivity contribution < 1.29 is 33.6 Å². The molecule has 9 rings (SSSR count). The van der Waals surface area contributed by atoms with E-state index in [0.29, 0.717) is 33.7 Å². The average molecular weight is 866 g/mol. The highest BCUT2D eigenvalue weighted by molar-refractivity contribution is 6.07. The third-order valence-electron chi connectivity index (χ3n) is 12.0. The predicted octanol–water partition coefficient (Wildman–Crippen LogP) is 9.35. The molecule has 6 aromatic carbocycles. The van der Waals surface area contributed by atoms with E-state index in [1.165, 1.54) is 11.2 Å². The standard InChI is InChI=1S/C53H47N5O7/c1-62-41-25-21-38(22-26-41)53(37-15-7-4-8-16-37,39-23-27-42(63-2)28-24-39)65-32-40(31-59)58(52(61)64-33-47-45-19-11-9-17-43(45)44-18-10-12-20-46(44)47)30-36-29-54-49-48(36)55-34-56-50(49)57-51(60)35-13-5-3-6-14-35/h3-29,34,40,47,54,59H,30-33H2,1-2H3,(H,55,56,57,60). The first-order valence-corrected chi connectivity index (χ1v) is 21.3. The molecular formula is C53H47N5O7. The van der Waals surface area contributed by atoms with Gasteiger partial charge in [-0.1, -0.05) is 121 Å². The van der Waals surface area contributed by atoms with Crippen LogP contribution >= 0.6 is 0 Å². The number of methoxy groups -OCH3 is 2. The Balaban J connectivity index is 1.09. The zero-order valence-electron chi connectivity index (χ0n) is 35.9. The Hall–Kier alpha value is -7.80. The highest BCUT2D eigenvalue weighted by Gasteiger charge is 2.40. The molecule has 12 nitrogen and oxygen atoms in total. The maximum atomic E-state index is 14.8. The summed E-state index contributed by atoms with van der Waals surface area (Å²) < 4.78 is 24.6. The Morgan fingerprint density at radius 2 is 1.28 bits per heavy atom. The highest BCUT2D eigenvalue weighted by Crippen LogP contribution is 2.45. The topological polar surface area (TPSA) is 148 Å². The first-order valence-electron chi connectivity index (χ1n) is 21.3. The smallest absolute Gasteiger partial charge is 0.410 e. The minimum Gasteiger partial charge on any atom is -0.497 e. The van der Waals surface area contributed by atoms with Crippen molar-refractivity contribution in [1.29, 1.82) is 0 Å². The Morgan fingerprint density at radius 1 is 0.723 bits per heavy atom. The zero-order valence-corrected chi connectivity index (χ0v) is 35.9. The molecule has 0 saturated carbocycles. The van der Waals surface area contributed by atoms with Gasteiger partial charge in [-0.3, -0.25) is 9.69 Å². The summed E-state index contributed by atoms with van der Waals surface area (Å²) in [5, 5.41) is 14.3. The van der Waals surface area contributed by atoms with Crippen molar-refractivity contribution in [2.45, 2.75) is 24.1 Å². The van der Waals surface area contributed by atoms with Crippen LogP contribution in [-0.2, 0) is 21.6 Å². The van der Waals surface area contributed by atoms with E-state index in [-0.39, 0.29) is 37.4 Å². The van der Waals surface area contributed by atoms with Crippen molar-refractivity contribution in [3.63, 3.8) is 0 Å². The monoisotopic (exact) mass is 865 g/mol. The number of aliphatic hydroxyl groups excluding tert-OH is 1. The number of anilines is 1. The number of ether oxygens (including phenoxy) is 4. The summed E-state index contributed by atoms with van der Waals surface area (Å²) in [5.74, 6) is 1.08. The number of benzene rings is 6. The SMILES string of the molecule is COc1ccc(C(OCC(CO)N(Cc2c[nH]c3c(NC(=O)c4ccccc4)ncnc23)C(=O)OCC2c3ccccc3-c3ccccc32)(c2ccccc2)c2ccc(OC)cc2)cc1. The van der Waals surface area contributed by atoms with Gasteiger partial charge in [0.2, 0.25) is 0 Å². The summed E-state index contributed by atoms with van der Waals surface area (Å²) in [4.78, 5) is 41.7. The Kier molecular flexibility index (Phi) is 12.4. The molecule has 65 heavy (non-hydrogen) atoms. The summed E-state index contributed by atoms with van der Waals surface area (Å²) in [6.07, 6.45) is 2.43. The molecular weight excluding hydrogens is 819 g/mol. The highest BCUT2D eigenvalue weighted by atomic mass is 16.6. The van der Waals surface area contributed by atoms with Crippen molar-refractivity contribution in [3.8, 4) is 22.6 Å². The van der Waals surface area contributed by atoms with Gasteiger partial charge in [-0.15, -0.1) is 0 Å². The molecule has 8 aromatic rings. The average Bonchev–Trinajstić information content (AvgIpc) is 3.94. The minimum absolute atomic E-state index is 0.0439. The maximum absolute atomic E-state index is 14.8. The largest absolute Gasteiger partial charge is 0.497 e. The van der Waals surface area contributed by atoms with Crippen molar-refractivity contribution >= 4 is 28.9 Å². The van der Waals surface area contributed by atoms with Crippen molar-refractivity contribution in [1.82, 2.24) is 19.9 Å². The van der Waals surface area contributed by atoms with Gasteiger partial charge in [-0.05, 0) is 75.3 Å². The second kappa shape index (κ2) is 18.9. The second-order valence-electron chi connectivity index (χ2n) is 15.7. The van der Waals surface area contributed by atoms with Crippen LogP contribution in [0.4, 0.5) is 10.6 Å². The molecule has 2 heterocycles. The van der Waals surface area contributed by atoms with E-state index >= 15 is 0 Å². The molecule has 2 aromatic heterocycles. The van der Waals surface area contributed by atoms with E-state index in [0.717, 1.165) is 38.9 Å². The molecule has 1 unspecified atom stereocenters. The van der Waals surface area contributed by atoms with Crippen LogP contribution < -0.4 is 14.8 Å². The van der Waals surface area contributed by atoms with Gasteiger partial charge in [0, 0.05) is 23.2 Å². The molecule has 1 aliphatic carbocycles. The Bertz CT molecular complexity index is 2810. The number of nitrogens with one attached hydrogen (secondary N) is 2. The Labute approximate surface area is 376 Å². The van der Waals surface area contributed by atoms with Crippen LogP contribution in [0.3, 0.4) is 0 Å². The molecule has 0 radical (unpaired) electrons. The lowest BCUT2D eigenvalue weighted by Gasteiger charge is -2.39.